The summed E-state index contributed by atoms with van der Waals surface area (Å²) in [7, 11) is 0. The molecular formula is C6H5N3O. The predicted octanol–water partition coefficient (Wildman–Crippen LogP) is -0.171. The molecule has 0 amide bonds. The number of H-pyrrole nitrogens is 1. The highest BCUT2D eigenvalue weighted by Crippen LogP contribution is 1.90. The molecule has 0 bridgehead atoms. The molecule has 10 heavy (non-hydrogen) atoms. The average molecular weight is 135 g/mol. The number of hydrogen-bond acceptors (Lipinski definition) is 3. The lowest BCUT2D eigenvalue weighted by molar-refractivity contribution is 1.28. The molecule has 1 aromatic heterocycles. The van der Waals surface area contributed by atoms with E-state index < -0.39 is 0 Å². The maximum atomic E-state index is 10.7. The highest BCUT2D eigenvalue weighted by atomic mass is 16.1. The van der Waals surface area contributed by atoms with Gasteiger partial charge in [-0.2, -0.15) is 5.26 Å². The quantitative estimate of drug-likeness (QED) is 0.518. The van der Waals surface area contributed by atoms with Gasteiger partial charge in [-0.1, -0.05) is 0 Å². The number of anilines is 1. The van der Waals surface area contributed by atoms with Crippen molar-refractivity contribution < 1.29 is 0 Å². The maximum Gasteiger partial charge on any atom is 0.201 e. The van der Waals surface area contributed by atoms with E-state index in [-0.39, 0.29) is 16.8 Å². The number of aromatic amines is 1. The molecule has 0 spiro atoms. The fourth-order valence-electron chi connectivity index (χ4n) is 0.575. The van der Waals surface area contributed by atoms with Crippen LogP contribution < -0.4 is 11.2 Å². The molecule has 0 aromatic carbocycles. The SMILES string of the molecule is N#Cc1c[nH]c(N)cc1=O. The van der Waals surface area contributed by atoms with Crippen molar-refractivity contribution in [3.05, 3.63) is 28.0 Å². The van der Waals surface area contributed by atoms with E-state index >= 15 is 0 Å². The van der Waals surface area contributed by atoms with Crippen LogP contribution in [0.4, 0.5) is 5.82 Å². The van der Waals surface area contributed by atoms with Crippen molar-refractivity contribution >= 4 is 5.82 Å². The van der Waals surface area contributed by atoms with Crippen molar-refractivity contribution in [3.63, 3.8) is 0 Å². The Morgan fingerprint density at radius 3 is 2.90 bits per heavy atom. The summed E-state index contributed by atoms with van der Waals surface area (Å²) in [6, 6.07) is 2.90. The van der Waals surface area contributed by atoms with Gasteiger partial charge in [0.25, 0.3) is 0 Å². The lowest BCUT2D eigenvalue weighted by atomic mass is 10.3. The zero-order valence-electron chi connectivity index (χ0n) is 5.09. The lowest BCUT2D eigenvalue weighted by Crippen LogP contribution is -2.06. The van der Waals surface area contributed by atoms with Gasteiger partial charge in [-0.3, -0.25) is 4.79 Å². The van der Waals surface area contributed by atoms with Gasteiger partial charge < -0.3 is 10.7 Å². The summed E-state index contributed by atoms with van der Waals surface area (Å²) in [5.41, 5.74) is 4.95. The third-order valence-corrected chi connectivity index (χ3v) is 1.06. The molecule has 0 fully saturated rings. The van der Waals surface area contributed by atoms with Crippen LogP contribution in [0.15, 0.2) is 17.1 Å². The van der Waals surface area contributed by atoms with E-state index in [1.165, 1.54) is 12.3 Å². The van der Waals surface area contributed by atoms with Crippen LogP contribution in [0.3, 0.4) is 0 Å². The van der Waals surface area contributed by atoms with Gasteiger partial charge in [0.15, 0.2) is 0 Å². The summed E-state index contributed by atoms with van der Waals surface area (Å²) < 4.78 is 0. The zero-order chi connectivity index (χ0) is 7.56. The average Bonchev–Trinajstić information content (AvgIpc) is 1.88. The number of aromatic nitrogens is 1. The molecule has 3 N–H and O–H groups in total. The van der Waals surface area contributed by atoms with Crippen LogP contribution in [0.2, 0.25) is 0 Å². The number of nitrogens with two attached hydrogens (primary N) is 1. The summed E-state index contributed by atoms with van der Waals surface area (Å²) in [6.45, 7) is 0. The molecule has 0 atom stereocenters. The van der Waals surface area contributed by atoms with Crippen LogP contribution in [0, 0.1) is 11.3 Å². The molecule has 0 aliphatic heterocycles. The molecule has 50 valence electrons. The molecule has 0 radical (unpaired) electrons. The van der Waals surface area contributed by atoms with Crippen molar-refractivity contribution in [1.82, 2.24) is 4.98 Å². The van der Waals surface area contributed by atoms with E-state index in [2.05, 4.69) is 4.98 Å². The first kappa shape index (κ1) is 6.36. The highest BCUT2D eigenvalue weighted by molar-refractivity contribution is 5.34. The van der Waals surface area contributed by atoms with Crippen molar-refractivity contribution in [2.24, 2.45) is 0 Å². The van der Waals surface area contributed by atoms with Gasteiger partial charge in [-0.15, -0.1) is 0 Å². The molecular weight excluding hydrogens is 130 g/mol. The minimum Gasteiger partial charge on any atom is -0.385 e. The number of pyridine rings is 1. The second-order valence-electron chi connectivity index (χ2n) is 1.78. The third kappa shape index (κ3) is 0.977. The molecule has 0 aliphatic rings. The maximum absolute atomic E-state index is 10.7. The molecule has 1 heterocycles. The Morgan fingerprint density at radius 2 is 2.40 bits per heavy atom. The Hall–Kier alpha value is -1.76. The van der Waals surface area contributed by atoms with Crippen molar-refractivity contribution in [2.45, 2.75) is 0 Å². The van der Waals surface area contributed by atoms with Crippen molar-refractivity contribution in [1.29, 1.82) is 5.26 Å². The number of nitrogens with zero attached hydrogens (tertiary/aromatic N) is 1. The first-order chi connectivity index (χ1) is 4.74. The Balaban J connectivity index is 3.38. The number of hydrogen-bond donors (Lipinski definition) is 2. The molecule has 4 heteroatoms. The van der Waals surface area contributed by atoms with E-state index in [0.29, 0.717) is 0 Å². The van der Waals surface area contributed by atoms with Crippen molar-refractivity contribution in [2.75, 3.05) is 5.73 Å². The van der Waals surface area contributed by atoms with Gasteiger partial charge in [0.1, 0.15) is 17.5 Å². The van der Waals surface area contributed by atoms with Crippen LogP contribution >= 0.6 is 0 Å². The summed E-state index contributed by atoms with van der Waals surface area (Å²) in [5, 5.41) is 8.30. The largest absolute Gasteiger partial charge is 0.385 e. The molecule has 0 aliphatic carbocycles. The summed E-state index contributed by atoms with van der Waals surface area (Å²) in [5.74, 6) is 0.268. The summed E-state index contributed by atoms with van der Waals surface area (Å²) in [4.78, 5) is 13.3. The zero-order valence-corrected chi connectivity index (χ0v) is 5.09. The molecule has 0 saturated carbocycles. The highest BCUT2D eigenvalue weighted by Gasteiger charge is 1.95. The lowest BCUT2D eigenvalue weighted by Gasteiger charge is -1.89. The van der Waals surface area contributed by atoms with Gasteiger partial charge in [0.05, 0.1) is 0 Å². The van der Waals surface area contributed by atoms with Crippen molar-refractivity contribution in [3.8, 4) is 6.07 Å². The van der Waals surface area contributed by atoms with E-state index in [9.17, 15) is 4.79 Å². The summed E-state index contributed by atoms with van der Waals surface area (Å²) in [6.07, 6.45) is 1.29. The van der Waals surface area contributed by atoms with Gasteiger partial charge in [-0.05, 0) is 0 Å². The van der Waals surface area contributed by atoms with Crippen LogP contribution in [0.25, 0.3) is 0 Å². The van der Waals surface area contributed by atoms with Gasteiger partial charge in [0.2, 0.25) is 5.43 Å². The Bertz CT molecular complexity index is 334. The topological polar surface area (TPSA) is 82.7 Å². The molecule has 0 unspecified atom stereocenters. The molecule has 1 aromatic rings. The van der Waals surface area contributed by atoms with E-state index in [0.717, 1.165) is 0 Å². The van der Waals surface area contributed by atoms with Gasteiger partial charge >= 0.3 is 0 Å². The first-order valence-corrected chi connectivity index (χ1v) is 2.62. The molecule has 1 rings (SSSR count). The minimum absolute atomic E-state index is 0.0780. The number of rotatable bonds is 0. The fraction of sp³-hybridized carbons (Fsp3) is 0. The normalized spacial score (nSPS) is 8.70. The van der Waals surface area contributed by atoms with Gasteiger partial charge in [0, 0.05) is 12.3 Å². The first-order valence-electron chi connectivity index (χ1n) is 2.62. The molecule has 0 saturated heterocycles. The van der Waals surface area contributed by atoms with E-state index in [1.807, 2.05) is 0 Å². The van der Waals surface area contributed by atoms with Crippen LogP contribution in [0.1, 0.15) is 5.56 Å². The molecule has 4 nitrogen and oxygen atoms in total. The van der Waals surface area contributed by atoms with E-state index in [4.69, 9.17) is 11.0 Å². The van der Waals surface area contributed by atoms with Gasteiger partial charge in [-0.25, -0.2) is 0 Å². The van der Waals surface area contributed by atoms with E-state index in [1.54, 1.807) is 6.07 Å². The minimum atomic E-state index is -0.348. The van der Waals surface area contributed by atoms with Crippen LogP contribution in [-0.2, 0) is 0 Å². The number of nitrogen functional groups attached to an aromatic ring is 1. The van der Waals surface area contributed by atoms with Crippen LogP contribution in [-0.4, -0.2) is 4.98 Å². The Morgan fingerprint density at radius 1 is 1.70 bits per heavy atom. The number of nitrogens with one attached hydrogen (secondary N) is 1. The Kier molecular flexibility index (Phi) is 1.42. The monoisotopic (exact) mass is 135 g/mol. The second kappa shape index (κ2) is 2.23. The third-order valence-electron chi connectivity index (χ3n) is 1.06. The number of nitriles is 1. The van der Waals surface area contributed by atoms with Crippen LogP contribution in [0.5, 0.6) is 0 Å². The predicted molar refractivity (Wildman–Crippen MR) is 36.2 cm³/mol. The fourth-order valence-corrected chi connectivity index (χ4v) is 0.575. The standard InChI is InChI=1S/C6H5N3O/c7-2-4-3-9-6(8)1-5(4)10/h1,3H,(H3,8,9,10). The summed E-state index contributed by atoms with van der Waals surface area (Å²) >= 11 is 0. The smallest absolute Gasteiger partial charge is 0.201 e. The second-order valence-corrected chi connectivity index (χ2v) is 1.78. The Labute approximate surface area is 56.9 Å².